The molecule has 6 nitrogen and oxygen atoms in total. The number of amides is 1. The normalized spacial score (nSPS) is 12.3. The smallest absolute Gasteiger partial charge is 0.220 e. The number of aliphatic hydroxyl groups excluding tert-OH is 1. The number of aryl methyl sites for hydroxylation is 2. The highest BCUT2D eigenvalue weighted by molar-refractivity contribution is 5.76. The van der Waals surface area contributed by atoms with Gasteiger partial charge in [-0.1, -0.05) is 0 Å². The zero-order valence-corrected chi connectivity index (χ0v) is 11.5. The van der Waals surface area contributed by atoms with Crippen molar-refractivity contribution in [3.63, 3.8) is 0 Å². The Balaban J connectivity index is 1.76. The molecule has 20 heavy (non-hydrogen) atoms. The van der Waals surface area contributed by atoms with Crippen LogP contribution in [0.25, 0.3) is 0 Å². The molecule has 2 N–H and O–H groups in total. The summed E-state index contributed by atoms with van der Waals surface area (Å²) in [6.45, 7) is 2.50. The summed E-state index contributed by atoms with van der Waals surface area (Å²) in [4.78, 5) is 16.0. The molecule has 1 unspecified atom stereocenters. The predicted molar refractivity (Wildman–Crippen MR) is 72.9 cm³/mol. The van der Waals surface area contributed by atoms with Gasteiger partial charge < -0.3 is 19.4 Å². The van der Waals surface area contributed by atoms with E-state index in [1.807, 2.05) is 17.7 Å². The van der Waals surface area contributed by atoms with Gasteiger partial charge in [0, 0.05) is 25.4 Å². The van der Waals surface area contributed by atoms with Crippen LogP contribution in [0, 0.1) is 6.92 Å². The molecule has 0 spiro atoms. The fourth-order valence-electron chi connectivity index (χ4n) is 2.01. The Morgan fingerprint density at radius 3 is 3.05 bits per heavy atom. The zero-order valence-electron chi connectivity index (χ0n) is 11.5. The van der Waals surface area contributed by atoms with Gasteiger partial charge in [-0.3, -0.25) is 4.79 Å². The Hall–Kier alpha value is -2.08. The lowest BCUT2D eigenvalue weighted by molar-refractivity contribution is -0.122. The van der Waals surface area contributed by atoms with Crippen molar-refractivity contribution in [2.75, 3.05) is 6.61 Å². The number of aliphatic hydroxyl groups is 1. The lowest BCUT2D eigenvalue weighted by Crippen LogP contribution is -2.30. The Labute approximate surface area is 117 Å². The maximum Gasteiger partial charge on any atom is 0.220 e. The minimum atomic E-state index is -0.479. The van der Waals surface area contributed by atoms with E-state index in [0.29, 0.717) is 12.2 Å². The van der Waals surface area contributed by atoms with Gasteiger partial charge in [0.15, 0.2) is 0 Å². The first-order valence-corrected chi connectivity index (χ1v) is 6.62. The first-order chi connectivity index (χ1) is 9.70. The maximum absolute atomic E-state index is 11.8. The minimum Gasteiger partial charge on any atom is -0.467 e. The maximum atomic E-state index is 11.8. The molecule has 1 amide bonds. The second-order valence-corrected chi connectivity index (χ2v) is 4.59. The Bertz CT molecular complexity index is 534. The third-order valence-electron chi connectivity index (χ3n) is 3.13. The first kappa shape index (κ1) is 14.3. The highest BCUT2D eigenvalue weighted by Gasteiger charge is 2.15. The van der Waals surface area contributed by atoms with Crippen LogP contribution in [-0.2, 0) is 11.3 Å². The Morgan fingerprint density at radius 2 is 2.45 bits per heavy atom. The summed E-state index contributed by atoms with van der Waals surface area (Å²) in [7, 11) is 0. The van der Waals surface area contributed by atoms with E-state index in [4.69, 9.17) is 4.42 Å². The molecule has 108 valence electrons. The monoisotopic (exact) mass is 277 g/mol. The van der Waals surface area contributed by atoms with E-state index >= 15 is 0 Å². The van der Waals surface area contributed by atoms with E-state index in [1.165, 1.54) is 6.26 Å². The van der Waals surface area contributed by atoms with Crippen LogP contribution in [0.1, 0.15) is 30.5 Å². The molecule has 0 saturated carbocycles. The number of imidazole rings is 1. The lowest BCUT2D eigenvalue weighted by Gasteiger charge is -2.14. The first-order valence-electron chi connectivity index (χ1n) is 6.62. The van der Waals surface area contributed by atoms with Crippen LogP contribution in [0.5, 0.6) is 0 Å². The van der Waals surface area contributed by atoms with E-state index < -0.39 is 6.04 Å². The number of carbonyl (C=O) groups is 1. The van der Waals surface area contributed by atoms with Gasteiger partial charge in [0.2, 0.25) is 5.91 Å². The number of aromatic nitrogens is 2. The van der Waals surface area contributed by atoms with E-state index in [1.54, 1.807) is 18.3 Å². The third-order valence-corrected chi connectivity index (χ3v) is 3.13. The van der Waals surface area contributed by atoms with E-state index in [9.17, 15) is 9.90 Å². The molecule has 6 heteroatoms. The number of hydrogen-bond donors (Lipinski definition) is 2. The molecule has 0 saturated heterocycles. The summed E-state index contributed by atoms with van der Waals surface area (Å²) in [6.07, 6.45) is 6.28. The lowest BCUT2D eigenvalue weighted by atomic mass is 10.2. The van der Waals surface area contributed by atoms with Crippen molar-refractivity contribution in [3.8, 4) is 0 Å². The fraction of sp³-hybridized carbons (Fsp3) is 0.429. The molecule has 0 aliphatic rings. The molecule has 0 aliphatic heterocycles. The molecule has 2 aromatic heterocycles. The average molecular weight is 277 g/mol. The van der Waals surface area contributed by atoms with Crippen molar-refractivity contribution in [1.82, 2.24) is 14.9 Å². The number of carbonyl (C=O) groups excluding carboxylic acids is 1. The van der Waals surface area contributed by atoms with E-state index in [-0.39, 0.29) is 12.5 Å². The van der Waals surface area contributed by atoms with Gasteiger partial charge in [-0.25, -0.2) is 4.98 Å². The van der Waals surface area contributed by atoms with Crippen molar-refractivity contribution in [1.29, 1.82) is 0 Å². The molecule has 0 fully saturated rings. The second-order valence-electron chi connectivity index (χ2n) is 4.59. The van der Waals surface area contributed by atoms with Gasteiger partial charge in [-0.2, -0.15) is 0 Å². The number of nitrogens with one attached hydrogen (secondary N) is 1. The molecule has 1 atom stereocenters. The topological polar surface area (TPSA) is 80.3 Å². The van der Waals surface area contributed by atoms with Crippen LogP contribution in [0.3, 0.4) is 0 Å². The molecular weight excluding hydrogens is 258 g/mol. The van der Waals surface area contributed by atoms with Crippen LogP contribution in [0.4, 0.5) is 0 Å². The molecule has 0 radical (unpaired) electrons. The fourth-order valence-corrected chi connectivity index (χ4v) is 2.01. The molecule has 0 bridgehead atoms. The summed E-state index contributed by atoms with van der Waals surface area (Å²) in [5, 5.41) is 12.0. The van der Waals surface area contributed by atoms with E-state index in [2.05, 4.69) is 10.3 Å². The van der Waals surface area contributed by atoms with Gasteiger partial charge in [0.25, 0.3) is 0 Å². The SMILES string of the molecule is Cc1nccn1CCCC(=O)NC(CO)c1ccco1. The van der Waals surface area contributed by atoms with Crippen molar-refractivity contribution in [2.45, 2.75) is 32.4 Å². The molecule has 2 heterocycles. The van der Waals surface area contributed by atoms with Gasteiger partial charge in [0.1, 0.15) is 17.6 Å². The Morgan fingerprint density at radius 1 is 1.60 bits per heavy atom. The molecule has 0 aromatic carbocycles. The number of nitrogens with zero attached hydrogens (tertiary/aromatic N) is 2. The summed E-state index contributed by atoms with van der Waals surface area (Å²) < 4.78 is 7.18. The van der Waals surface area contributed by atoms with Gasteiger partial charge in [0.05, 0.1) is 12.9 Å². The summed E-state index contributed by atoms with van der Waals surface area (Å²) in [5.74, 6) is 1.40. The molecule has 2 rings (SSSR count). The van der Waals surface area contributed by atoms with E-state index in [0.717, 1.165) is 18.8 Å². The standard InChI is InChI=1S/C14H19N3O3/c1-11-15-6-8-17(11)7-2-5-14(19)16-12(10-18)13-4-3-9-20-13/h3-4,6,8-9,12,18H,2,5,7,10H2,1H3,(H,16,19). The molecule has 2 aromatic rings. The van der Waals surface area contributed by atoms with Gasteiger partial charge >= 0.3 is 0 Å². The highest BCUT2D eigenvalue weighted by Crippen LogP contribution is 2.13. The third kappa shape index (κ3) is 3.71. The molecular formula is C14H19N3O3. The zero-order chi connectivity index (χ0) is 14.4. The Kier molecular flexibility index (Phi) is 4.95. The van der Waals surface area contributed by atoms with Crippen LogP contribution in [0.2, 0.25) is 0 Å². The molecule has 0 aliphatic carbocycles. The highest BCUT2D eigenvalue weighted by atomic mass is 16.3. The predicted octanol–water partition coefficient (Wildman–Crippen LogP) is 1.41. The number of rotatable bonds is 7. The van der Waals surface area contributed by atoms with Crippen molar-refractivity contribution >= 4 is 5.91 Å². The summed E-state index contributed by atoms with van der Waals surface area (Å²) in [5.41, 5.74) is 0. The summed E-state index contributed by atoms with van der Waals surface area (Å²) >= 11 is 0. The van der Waals surface area contributed by atoms with Crippen molar-refractivity contribution in [3.05, 3.63) is 42.4 Å². The van der Waals surface area contributed by atoms with Crippen molar-refractivity contribution in [2.24, 2.45) is 0 Å². The van der Waals surface area contributed by atoms with Crippen LogP contribution < -0.4 is 5.32 Å². The quantitative estimate of drug-likeness (QED) is 0.802. The summed E-state index contributed by atoms with van der Waals surface area (Å²) in [6, 6.07) is 2.98. The van der Waals surface area contributed by atoms with Crippen molar-refractivity contribution < 1.29 is 14.3 Å². The second kappa shape index (κ2) is 6.91. The number of hydrogen-bond acceptors (Lipinski definition) is 4. The van der Waals surface area contributed by atoms with Crippen LogP contribution in [-0.4, -0.2) is 27.2 Å². The average Bonchev–Trinajstić information content (AvgIpc) is 3.08. The number of furan rings is 1. The van der Waals surface area contributed by atoms with Gasteiger partial charge in [-0.15, -0.1) is 0 Å². The van der Waals surface area contributed by atoms with Crippen LogP contribution in [0.15, 0.2) is 35.2 Å². The largest absolute Gasteiger partial charge is 0.467 e. The minimum absolute atomic E-state index is 0.0989. The van der Waals surface area contributed by atoms with Crippen LogP contribution >= 0.6 is 0 Å². The van der Waals surface area contributed by atoms with Gasteiger partial charge in [-0.05, 0) is 25.5 Å².